The molecule has 0 bridgehead atoms. The summed E-state index contributed by atoms with van der Waals surface area (Å²) < 4.78 is 9.94. The number of rotatable bonds is 4. The Labute approximate surface area is 116 Å². The van der Waals surface area contributed by atoms with Gasteiger partial charge in [-0.3, -0.25) is 9.59 Å². The first-order valence-electron chi connectivity index (χ1n) is 5.17. The fraction of sp³-hybridized carbons (Fsp3) is 0.333. The van der Waals surface area contributed by atoms with E-state index in [1.807, 2.05) is 0 Å². The normalized spacial score (nSPS) is 9.06. The summed E-state index contributed by atoms with van der Waals surface area (Å²) in [6.45, 7) is 3.44. The summed E-state index contributed by atoms with van der Waals surface area (Å²) in [4.78, 5) is 22.0. The van der Waals surface area contributed by atoms with E-state index in [-0.39, 0.29) is 34.3 Å². The standard InChI is InChI=1S/C12H14O4.Ag/c1-3-11(13)15-9-5-7-10(8-6-9)16-12(14)4-2;/h5-8H,3-4H2,1-2H3;. The molecule has 0 aromatic heterocycles. The van der Waals surface area contributed by atoms with E-state index in [0.717, 1.165) is 0 Å². The van der Waals surface area contributed by atoms with Gasteiger partial charge < -0.3 is 9.47 Å². The first-order chi connectivity index (χ1) is 7.65. The summed E-state index contributed by atoms with van der Waals surface area (Å²) in [5, 5.41) is 0. The summed E-state index contributed by atoms with van der Waals surface area (Å²) in [7, 11) is 0. The van der Waals surface area contributed by atoms with Crippen molar-refractivity contribution >= 4 is 11.9 Å². The Balaban J connectivity index is 0.00000256. The predicted octanol–water partition coefficient (Wildman–Crippen LogP) is 2.31. The van der Waals surface area contributed by atoms with Gasteiger partial charge in [0, 0.05) is 35.2 Å². The van der Waals surface area contributed by atoms with Crippen molar-refractivity contribution in [3.8, 4) is 11.5 Å². The maximum atomic E-state index is 11.0. The van der Waals surface area contributed by atoms with Crippen molar-refractivity contribution < 1.29 is 41.4 Å². The Hall–Kier alpha value is -1.10. The van der Waals surface area contributed by atoms with Gasteiger partial charge in [-0.05, 0) is 24.3 Å². The third-order valence-corrected chi connectivity index (χ3v) is 1.86. The number of hydrogen-bond donors (Lipinski definition) is 0. The molecule has 97 valence electrons. The van der Waals surface area contributed by atoms with Crippen LogP contribution in [-0.4, -0.2) is 11.9 Å². The molecule has 1 rings (SSSR count). The zero-order valence-corrected chi connectivity index (χ0v) is 11.1. The van der Waals surface area contributed by atoms with E-state index in [9.17, 15) is 9.59 Å². The molecular formula is C12H14AgO4. The second-order valence-corrected chi connectivity index (χ2v) is 3.13. The maximum absolute atomic E-state index is 11.0. The Morgan fingerprint density at radius 2 is 1.18 bits per heavy atom. The van der Waals surface area contributed by atoms with Gasteiger partial charge in [-0.15, -0.1) is 0 Å². The van der Waals surface area contributed by atoms with Crippen LogP contribution < -0.4 is 9.47 Å². The topological polar surface area (TPSA) is 52.6 Å². The molecule has 0 fully saturated rings. The predicted molar refractivity (Wildman–Crippen MR) is 58.3 cm³/mol. The van der Waals surface area contributed by atoms with Crippen molar-refractivity contribution in [2.45, 2.75) is 26.7 Å². The Bertz CT molecular complexity index is 336. The van der Waals surface area contributed by atoms with Gasteiger partial charge in [0.15, 0.2) is 0 Å². The average Bonchev–Trinajstić information content (AvgIpc) is 2.31. The quantitative estimate of drug-likeness (QED) is 0.483. The zero-order valence-electron chi connectivity index (χ0n) is 9.66. The van der Waals surface area contributed by atoms with Gasteiger partial charge in [0.2, 0.25) is 0 Å². The van der Waals surface area contributed by atoms with Crippen LogP contribution in [0, 0.1) is 0 Å². The average molecular weight is 330 g/mol. The molecule has 5 heteroatoms. The van der Waals surface area contributed by atoms with Crippen LogP contribution in [0.2, 0.25) is 0 Å². The molecule has 0 atom stereocenters. The second kappa shape index (κ2) is 8.06. The van der Waals surface area contributed by atoms with Crippen LogP contribution in [0.1, 0.15) is 26.7 Å². The minimum absolute atomic E-state index is 0. The first kappa shape index (κ1) is 15.9. The molecule has 0 saturated carbocycles. The second-order valence-electron chi connectivity index (χ2n) is 3.13. The molecular weight excluding hydrogens is 316 g/mol. The van der Waals surface area contributed by atoms with Crippen molar-refractivity contribution in [2.24, 2.45) is 0 Å². The summed E-state index contributed by atoms with van der Waals surface area (Å²) in [6, 6.07) is 6.36. The van der Waals surface area contributed by atoms with Crippen molar-refractivity contribution in [1.29, 1.82) is 0 Å². The molecule has 1 aromatic rings. The number of ether oxygens (including phenoxy) is 2. The molecule has 17 heavy (non-hydrogen) atoms. The fourth-order valence-corrected chi connectivity index (χ4v) is 0.983. The van der Waals surface area contributed by atoms with E-state index in [1.54, 1.807) is 38.1 Å². The minimum Gasteiger partial charge on any atom is -0.427 e. The van der Waals surface area contributed by atoms with Crippen molar-refractivity contribution in [2.75, 3.05) is 0 Å². The van der Waals surface area contributed by atoms with E-state index < -0.39 is 0 Å². The summed E-state index contributed by atoms with van der Waals surface area (Å²) in [5.41, 5.74) is 0. The van der Waals surface area contributed by atoms with E-state index in [2.05, 4.69) is 0 Å². The van der Waals surface area contributed by atoms with Gasteiger partial charge in [-0.2, -0.15) is 0 Å². The Morgan fingerprint density at radius 3 is 1.41 bits per heavy atom. The smallest absolute Gasteiger partial charge is 0.310 e. The van der Waals surface area contributed by atoms with Crippen LogP contribution in [-0.2, 0) is 32.0 Å². The number of carbonyl (C=O) groups excluding carboxylic acids is 2. The molecule has 0 unspecified atom stereocenters. The van der Waals surface area contributed by atoms with Crippen LogP contribution in [0.4, 0.5) is 0 Å². The van der Waals surface area contributed by atoms with E-state index in [0.29, 0.717) is 24.3 Å². The molecule has 0 N–H and O–H groups in total. The van der Waals surface area contributed by atoms with Crippen LogP contribution in [0.3, 0.4) is 0 Å². The van der Waals surface area contributed by atoms with Crippen molar-refractivity contribution in [3.63, 3.8) is 0 Å². The minimum atomic E-state index is -0.293. The number of hydrogen-bond acceptors (Lipinski definition) is 4. The van der Waals surface area contributed by atoms with Gasteiger partial charge in [-0.1, -0.05) is 13.8 Å². The first-order valence-corrected chi connectivity index (χ1v) is 5.17. The SMILES string of the molecule is CCC(=O)Oc1ccc(OC(=O)CC)cc1.[Ag]. The van der Waals surface area contributed by atoms with Crippen LogP contribution in [0.15, 0.2) is 24.3 Å². The summed E-state index contributed by atoms with van der Waals surface area (Å²) in [6.07, 6.45) is 0.652. The molecule has 4 nitrogen and oxygen atoms in total. The van der Waals surface area contributed by atoms with E-state index in [1.165, 1.54) is 0 Å². The van der Waals surface area contributed by atoms with Gasteiger partial charge in [0.05, 0.1) is 0 Å². The fourth-order valence-electron chi connectivity index (χ4n) is 0.983. The molecule has 1 radical (unpaired) electrons. The number of benzene rings is 1. The monoisotopic (exact) mass is 329 g/mol. The maximum Gasteiger partial charge on any atom is 0.310 e. The van der Waals surface area contributed by atoms with Crippen LogP contribution in [0.5, 0.6) is 11.5 Å². The van der Waals surface area contributed by atoms with Gasteiger partial charge >= 0.3 is 11.9 Å². The van der Waals surface area contributed by atoms with E-state index >= 15 is 0 Å². The molecule has 0 amide bonds. The number of carbonyl (C=O) groups is 2. The largest absolute Gasteiger partial charge is 0.427 e. The van der Waals surface area contributed by atoms with Crippen LogP contribution in [0.25, 0.3) is 0 Å². The zero-order chi connectivity index (χ0) is 12.0. The number of esters is 2. The third-order valence-electron chi connectivity index (χ3n) is 1.86. The summed E-state index contributed by atoms with van der Waals surface area (Å²) in [5.74, 6) is 0.308. The third kappa shape index (κ3) is 5.68. The molecule has 0 aliphatic heterocycles. The Kier molecular flexibility index (Phi) is 7.54. The molecule has 0 spiro atoms. The Morgan fingerprint density at radius 1 is 0.882 bits per heavy atom. The molecule has 1 aromatic carbocycles. The summed E-state index contributed by atoms with van der Waals surface area (Å²) >= 11 is 0. The van der Waals surface area contributed by atoms with Gasteiger partial charge in [-0.25, -0.2) is 0 Å². The van der Waals surface area contributed by atoms with Crippen LogP contribution >= 0.6 is 0 Å². The van der Waals surface area contributed by atoms with Gasteiger partial charge in [0.25, 0.3) is 0 Å². The molecule has 0 saturated heterocycles. The molecule has 0 aliphatic rings. The van der Waals surface area contributed by atoms with Gasteiger partial charge in [0.1, 0.15) is 11.5 Å². The van der Waals surface area contributed by atoms with Crippen molar-refractivity contribution in [1.82, 2.24) is 0 Å². The van der Waals surface area contributed by atoms with Crippen molar-refractivity contribution in [3.05, 3.63) is 24.3 Å². The van der Waals surface area contributed by atoms with E-state index in [4.69, 9.17) is 9.47 Å². The molecule has 0 heterocycles. The molecule has 0 aliphatic carbocycles.